The first kappa shape index (κ1) is 17.5. The number of benzene rings is 1. The van der Waals surface area contributed by atoms with Crippen molar-refractivity contribution in [1.29, 1.82) is 0 Å². The first-order valence-electron chi connectivity index (χ1n) is 9.39. The van der Waals surface area contributed by atoms with Gasteiger partial charge in [-0.1, -0.05) is 30.3 Å². The molecule has 1 N–H and O–H groups in total. The maximum absolute atomic E-state index is 4.79. The molecule has 0 amide bonds. The van der Waals surface area contributed by atoms with Crippen LogP contribution in [-0.4, -0.2) is 46.8 Å². The average Bonchev–Trinajstić information content (AvgIpc) is 3.16. The molecule has 1 aliphatic heterocycles. The van der Waals surface area contributed by atoms with Gasteiger partial charge in [0.25, 0.3) is 0 Å². The van der Waals surface area contributed by atoms with Crippen LogP contribution in [0.15, 0.2) is 53.8 Å². The molecular formula is C20H29N5. The van der Waals surface area contributed by atoms with Gasteiger partial charge in [0, 0.05) is 32.0 Å². The normalized spacial score (nSPS) is 16.2. The second-order valence-corrected chi connectivity index (χ2v) is 6.62. The van der Waals surface area contributed by atoms with Crippen LogP contribution in [-0.2, 0) is 13.0 Å². The van der Waals surface area contributed by atoms with Gasteiger partial charge < -0.3 is 10.2 Å². The highest BCUT2D eigenvalue weighted by Crippen LogP contribution is 2.21. The first-order valence-corrected chi connectivity index (χ1v) is 9.39. The Bertz CT molecular complexity index is 627. The second kappa shape index (κ2) is 9.25. The number of nitrogens with one attached hydrogen (secondary N) is 1. The molecule has 25 heavy (non-hydrogen) atoms. The van der Waals surface area contributed by atoms with E-state index in [4.69, 9.17) is 4.99 Å². The summed E-state index contributed by atoms with van der Waals surface area (Å²) in [4.78, 5) is 7.20. The Hall–Kier alpha value is -2.30. The molecule has 2 aromatic rings. The third kappa shape index (κ3) is 5.34. The smallest absolute Gasteiger partial charge is 0.193 e. The summed E-state index contributed by atoms with van der Waals surface area (Å²) in [5.41, 5.74) is 1.46. The number of hydrogen-bond donors (Lipinski definition) is 1. The lowest BCUT2D eigenvalue weighted by molar-refractivity contribution is 0.259. The van der Waals surface area contributed by atoms with Crippen LogP contribution in [0, 0.1) is 5.92 Å². The van der Waals surface area contributed by atoms with Crippen LogP contribution < -0.4 is 5.32 Å². The van der Waals surface area contributed by atoms with Crippen molar-refractivity contribution in [3.63, 3.8) is 0 Å². The van der Waals surface area contributed by atoms with E-state index in [9.17, 15) is 0 Å². The number of piperidine rings is 1. The van der Waals surface area contributed by atoms with Gasteiger partial charge in [-0.3, -0.25) is 9.67 Å². The minimum Gasteiger partial charge on any atom is -0.357 e. The molecule has 2 heterocycles. The molecule has 5 heteroatoms. The summed E-state index contributed by atoms with van der Waals surface area (Å²) >= 11 is 0. The van der Waals surface area contributed by atoms with Crippen LogP contribution in [0.25, 0.3) is 0 Å². The lowest BCUT2D eigenvalue weighted by Crippen LogP contribution is -2.46. The molecule has 5 nitrogen and oxygen atoms in total. The van der Waals surface area contributed by atoms with Gasteiger partial charge in [-0.25, -0.2) is 0 Å². The van der Waals surface area contributed by atoms with E-state index < -0.39 is 0 Å². The van der Waals surface area contributed by atoms with Crippen LogP contribution in [0.1, 0.15) is 25.3 Å². The van der Waals surface area contributed by atoms with Gasteiger partial charge in [0.1, 0.15) is 0 Å². The van der Waals surface area contributed by atoms with Gasteiger partial charge >= 0.3 is 0 Å². The largest absolute Gasteiger partial charge is 0.357 e. The molecule has 1 aromatic heterocycles. The Morgan fingerprint density at radius 1 is 1.20 bits per heavy atom. The Kier molecular flexibility index (Phi) is 6.48. The summed E-state index contributed by atoms with van der Waals surface area (Å²) < 4.78 is 1.93. The van der Waals surface area contributed by atoms with Crippen molar-refractivity contribution in [2.24, 2.45) is 10.9 Å². The third-order valence-corrected chi connectivity index (χ3v) is 4.77. The highest BCUT2D eigenvalue weighted by atomic mass is 15.3. The van der Waals surface area contributed by atoms with Gasteiger partial charge in [0.05, 0.1) is 13.1 Å². The molecule has 1 fully saturated rings. The predicted molar refractivity (Wildman–Crippen MR) is 103 cm³/mol. The van der Waals surface area contributed by atoms with Crippen LogP contribution >= 0.6 is 0 Å². The van der Waals surface area contributed by atoms with Crippen molar-refractivity contribution < 1.29 is 0 Å². The number of aliphatic imine (C=N–C) groups is 1. The standard InChI is InChI=1S/C20H29N5/c1-2-21-20(22-12-16-25-13-6-11-23-25)24-14-9-19(10-15-24)17-18-7-4-3-5-8-18/h3-8,11,13,19H,2,9-10,12,14-17H2,1H3,(H,21,22). The zero-order valence-electron chi connectivity index (χ0n) is 15.1. The number of aromatic nitrogens is 2. The quantitative estimate of drug-likeness (QED) is 0.650. The molecule has 1 aliphatic rings. The van der Waals surface area contributed by atoms with E-state index >= 15 is 0 Å². The van der Waals surface area contributed by atoms with Crippen molar-refractivity contribution >= 4 is 5.96 Å². The maximum Gasteiger partial charge on any atom is 0.193 e. The number of rotatable bonds is 6. The average molecular weight is 339 g/mol. The topological polar surface area (TPSA) is 45.5 Å². The van der Waals surface area contributed by atoms with Gasteiger partial charge in [-0.2, -0.15) is 5.10 Å². The Morgan fingerprint density at radius 3 is 2.68 bits per heavy atom. The molecule has 0 atom stereocenters. The summed E-state index contributed by atoms with van der Waals surface area (Å²) in [6.45, 7) is 6.80. The summed E-state index contributed by atoms with van der Waals surface area (Å²) in [6.07, 6.45) is 7.46. The Morgan fingerprint density at radius 2 is 2.00 bits per heavy atom. The fourth-order valence-electron chi connectivity index (χ4n) is 3.41. The van der Waals surface area contributed by atoms with Crippen molar-refractivity contribution in [3.8, 4) is 0 Å². The summed E-state index contributed by atoms with van der Waals surface area (Å²) in [6, 6.07) is 12.8. The van der Waals surface area contributed by atoms with Crippen LogP contribution in [0.3, 0.4) is 0 Å². The number of guanidine groups is 1. The van der Waals surface area contributed by atoms with E-state index in [0.717, 1.165) is 44.6 Å². The maximum atomic E-state index is 4.79. The molecule has 0 radical (unpaired) electrons. The van der Waals surface area contributed by atoms with Crippen molar-refractivity contribution in [2.75, 3.05) is 26.2 Å². The lowest BCUT2D eigenvalue weighted by Gasteiger charge is -2.34. The number of hydrogen-bond acceptors (Lipinski definition) is 2. The zero-order chi connectivity index (χ0) is 17.3. The SMILES string of the molecule is CCNC(=NCCn1cccn1)N1CCC(Cc2ccccc2)CC1. The van der Waals surface area contributed by atoms with Crippen LogP contribution in [0.2, 0.25) is 0 Å². The number of nitrogens with zero attached hydrogens (tertiary/aromatic N) is 4. The molecule has 1 saturated heterocycles. The van der Waals surface area contributed by atoms with E-state index in [0.29, 0.717) is 0 Å². The highest BCUT2D eigenvalue weighted by molar-refractivity contribution is 5.80. The van der Waals surface area contributed by atoms with E-state index in [-0.39, 0.29) is 0 Å². The van der Waals surface area contributed by atoms with Gasteiger partial charge in [0.15, 0.2) is 5.96 Å². The van der Waals surface area contributed by atoms with E-state index in [2.05, 4.69) is 52.6 Å². The van der Waals surface area contributed by atoms with E-state index in [1.165, 1.54) is 24.8 Å². The molecule has 0 bridgehead atoms. The summed E-state index contributed by atoms with van der Waals surface area (Å²) in [7, 11) is 0. The molecule has 1 aromatic carbocycles. The predicted octanol–water partition coefficient (Wildman–Crippen LogP) is 2.80. The molecule has 0 aliphatic carbocycles. The van der Waals surface area contributed by atoms with Gasteiger partial charge in [0.2, 0.25) is 0 Å². The minimum atomic E-state index is 0.758. The fraction of sp³-hybridized carbons (Fsp3) is 0.500. The molecule has 134 valence electrons. The van der Waals surface area contributed by atoms with Gasteiger partial charge in [-0.15, -0.1) is 0 Å². The van der Waals surface area contributed by atoms with Crippen LogP contribution in [0.4, 0.5) is 0 Å². The molecule has 0 unspecified atom stereocenters. The number of likely N-dealkylation sites (tertiary alicyclic amines) is 1. The third-order valence-electron chi connectivity index (χ3n) is 4.77. The Labute approximate surface area is 150 Å². The van der Waals surface area contributed by atoms with E-state index in [1.54, 1.807) is 0 Å². The summed E-state index contributed by atoms with van der Waals surface area (Å²) in [5.74, 6) is 1.83. The van der Waals surface area contributed by atoms with Crippen molar-refractivity contribution in [2.45, 2.75) is 32.7 Å². The van der Waals surface area contributed by atoms with E-state index in [1.807, 2.05) is 23.1 Å². The van der Waals surface area contributed by atoms with Gasteiger partial charge in [-0.05, 0) is 43.7 Å². The monoisotopic (exact) mass is 339 g/mol. The summed E-state index contributed by atoms with van der Waals surface area (Å²) in [5, 5.41) is 7.68. The lowest BCUT2D eigenvalue weighted by atomic mass is 9.90. The zero-order valence-corrected chi connectivity index (χ0v) is 15.1. The highest BCUT2D eigenvalue weighted by Gasteiger charge is 2.21. The van der Waals surface area contributed by atoms with Crippen molar-refractivity contribution in [1.82, 2.24) is 20.0 Å². The molecule has 3 rings (SSSR count). The minimum absolute atomic E-state index is 0.758. The van der Waals surface area contributed by atoms with Crippen molar-refractivity contribution in [3.05, 3.63) is 54.4 Å². The molecule has 0 spiro atoms. The molecular weight excluding hydrogens is 310 g/mol. The second-order valence-electron chi connectivity index (χ2n) is 6.62. The fourth-order valence-corrected chi connectivity index (χ4v) is 3.41. The first-order chi connectivity index (χ1) is 12.3. The Balaban J connectivity index is 1.49. The van der Waals surface area contributed by atoms with Crippen LogP contribution in [0.5, 0.6) is 0 Å². The molecule has 0 saturated carbocycles.